The molecule has 0 atom stereocenters. The molecule has 0 radical (unpaired) electrons. The summed E-state index contributed by atoms with van der Waals surface area (Å²) in [5.41, 5.74) is 3.56. The Morgan fingerprint density at radius 2 is 1.88 bits per heavy atom. The maximum atomic E-state index is 12.2. The van der Waals surface area contributed by atoms with Crippen LogP contribution in [-0.4, -0.2) is 20.9 Å². The number of rotatable bonds is 4. The number of fused-ring (bicyclic) bond motifs is 1. The lowest BCUT2D eigenvalue weighted by atomic mass is 10.1. The molecule has 0 spiro atoms. The summed E-state index contributed by atoms with van der Waals surface area (Å²) < 4.78 is 0. The van der Waals surface area contributed by atoms with Crippen molar-refractivity contribution < 1.29 is 4.79 Å². The fourth-order valence-electron chi connectivity index (χ4n) is 2.81. The number of H-pyrrole nitrogens is 1. The van der Waals surface area contributed by atoms with Crippen LogP contribution in [-0.2, 0) is 11.2 Å². The van der Waals surface area contributed by atoms with Gasteiger partial charge in [-0.05, 0) is 29.8 Å². The average Bonchev–Trinajstić information content (AvgIpc) is 3.11. The summed E-state index contributed by atoms with van der Waals surface area (Å²) in [6.45, 7) is 0. The molecule has 0 saturated heterocycles. The molecular weight excluding hydrogens is 312 g/mol. The summed E-state index contributed by atoms with van der Waals surface area (Å²) in [7, 11) is 0. The molecule has 3 heterocycles. The molecule has 0 aliphatic heterocycles. The lowest BCUT2D eigenvalue weighted by Gasteiger charge is -2.07. The number of carbonyl (C=O) groups is 1. The van der Waals surface area contributed by atoms with Crippen LogP contribution in [0.25, 0.3) is 22.3 Å². The van der Waals surface area contributed by atoms with E-state index in [1.54, 1.807) is 12.3 Å². The van der Waals surface area contributed by atoms with E-state index in [-0.39, 0.29) is 5.91 Å². The van der Waals surface area contributed by atoms with Crippen molar-refractivity contribution in [3.05, 3.63) is 78.6 Å². The maximum absolute atomic E-state index is 12.2. The van der Waals surface area contributed by atoms with Gasteiger partial charge in [0, 0.05) is 23.3 Å². The Morgan fingerprint density at radius 1 is 1.00 bits per heavy atom. The minimum atomic E-state index is -0.0858. The van der Waals surface area contributed by atoms with Gasteiger partial charge in [-0.3, -0.25) is 4.79 Å². The first-order valence-corrected chi connectivity index (χ1v) is 8.03. The predicted octanol–water partition coefficient (Wildman–Crippen LogP) is 3.81. The third-order valence-electron chi connectivity index (χ3n) is 3.96. The van der Waals surface area contributed by atoms with Gasteiger partial charge in [0.15, 0.2) is 0 Å². The third kappa shape index (κ3) is 3.26. The van der Waals surface area contributed by atoms with Crippen molar-refractivity contribution in [2.24, 2.45) is 0 Å². The van der Waals surface area contributed by atoms with E-state index in [1.807, 2.05) is 60.8 Å². The van der Waals surface area contributed by atoms with Crippen molar-refractivity contribution in [1.82, 2.24) is 15.0 Å². The van der Waals surface area contributed by atoms with Crippen molar-refractivity contribution in [3.8, 4) is 11.3 Å². The Labute approximate surface area is 144 Å². The quantitative estimate of drug-likeness (QED) is 0.598. The predicted molar refractivity (Wildman–Crippen MR) is 98.1 cm³/mol. The lowest BCUT2D eigenvalue weighted by Crippen LogP contribution is -2.15. The highest BCUT2D eigenvalue weighted by Gasteiger charge is 2.09. The maximum Gasteiger partial charge on any atom is 0.229 e. The molecule has 25 heavy (non-hydrogen) atoms. The Hall–Kier alpha value is -3.47. The molecule has 4 rings (SSSR count). The smallest absolute Gasteiger partial charge is 0.229 e. The molecule has 0 unspecified atom stereocenters. The number of amides is 1. The van der Waals surface area contributed by atoms with Gasteiger partial charge in [-0.1, -0.05) is 36.4 Å². The van der Waals surface area contributed by atoms with E-state index in [1.165, 1.54) is 0 Å². The van der Waals surface area contributed by atoms with Gasteiger partial charge in [0.2, 0.25) is 5.91 Å². The van der Waals surface area contributed by atoms with Crippen molar-refractivity contribution in [2.45, 2.75) is 6.42 Å². The number of hydrogen-bond acceptors (Lipinski definition) is 3. The number of hydrogen-bond donors (Lipinski definition) is 2. The van der Waals surface area contributed by atoms with E-state index < -0.39 is 0 Å². The van der Waals surface area contributed by atoms with Gasteiger partial charge in [0.25, 0.3) is 0 Å². The molecule has 0 saturated carbocycles. The van der Waals surface area contributed by atoms with Crippen LogP contribution in [0.5, 0.6) is 0 Å². The fourth-order valence-corrected chi connectivity index (χ4v) is 2.81. The first-order valence-electron chi connectivity index (χ1n) is 8.03. The van der Waals surface area contributed by atoms with Gasteiger partial charge in [-0.2, -0.15) is 0 Å². The summed E-state index contributed by atoms with van der Waals surface area (Å²) in [6.07, 6.45) is 3.92. The second-order valence-electron chi connectivity index (χ2n) is 5.72. The number of pyridine rings is 2. The van der Waals surface area contributed by atoms with E-state index >= 15 is 0 Å². The zero-order valence-electron chi connectivity index (χ0n) is 13.4. The van der Waals surface area contributed by atoms with Crippen LogP contribution in [0.1, 0.15) is 5.56 Å². The Balaban J connectivity index is 1.57. The molecule has 0 aliphatic rings. The Morgan fingerprint density at radius 3 is 2.76 bits per heavy atom. The minimum absolute atomic E-state index is 0.0858. The highest BCUT2D eigenvalue weighted by Crippen LogP contribution is 2.26. The number of anilines is 1. The van der Waals surface area contributed by atoms with Crippen LogP contribution in [0.15, 0.2) is 73.1 Å². The molecule has 122 valence electrons. The van der Waals surface area contributed by atoms with Gasteiger partial charge in [-0.25, -0.2) is 9.97 Å². The van der Waals surface area contributed by atoms with Gasteiger partial charge >= 0.3 is 0 Å². The van der Waals surface area contributed by atoms with E-state index in [2.05, 4.69) is 20.3 Å². The zero-order valence-corrected chi connectivity index (χ0v) is 13.4. The number of aromatic nitrogens is 3. The highest BCUT2D eigenvalue weighted by molar-refractivity contribution is 5.94. The SMILES string of the molecule is O=C(Cc1ccccc1)Nc1cccc(-c2ccnc3[nH]ccc23)n1. The molecule has 4 aromatic rings. The summed E-state index contributed by atoms with van der Waals surface area (Å²) in [6, 6.07) is 19.2. The van der Waals surface area contributed by atoms with Gasteiger partial charge in [0.05, 0.1) is 12.1 Å². The Bertz CT molecular complexity index is 1020. The van der Waals surface area contributed by atoms with E-state index in [4.69, 9.17) is 0 Å². The van der Waals surface area contributed by atoms with E-state index in [9.17, 15) is 4.79 Å². The number of aromatic amines is 1. The summed E-state index contributed by atoms with van der Waals surface area (Å²) in [4.78, 5) is 24.2. The zero-order chi connectivity index (χ0) is 17.1. The summed E-state index contributed by atoms with van der Waals surface area (Å²) in [5.74, 6) is 0.455. The van der Waals surface area contributed by atoms with Crippen LogP contribution in [0, 0.1) is 0 Å². The first-order chi connectivity index (χ1) is 12.3. The number of carbonyl (C=O) groups excluding carboxylic acids is 1. The summed E-state index contributed by atoms with van der Waals surface area (Å²) >= 11 is 0. The van der Waals surface area contributed by atoms with Crippen molar-refractivity contribution in [3.63, 3.8) is 0 Å². The van der Waals surface area contributed by atoms with E-state index in [0.29, 0.717) is 12.2 Å². The third-order valence-corrected chi connectivity index (χ3v) is 3.96. The topological polar surface area (TPSA) is 70.7 Å². The monoisotopic (exact) mass is 328 g/mol. The molecular formula is C20H16N4O. The number of nitrogens with zero attached hydrogens (tertiary/aromatic N) is 2. The average molecular weight is 328 g/mol. The molecule has 2 N–H and O–H groups in total. The highest BCUT2D eigenvalue weighted by atomic mass is 16.1. The second kappa shape index (κ2) is 6.57. The normalized spacial score (nSPS) is 10.7. The van der Waals surface area contributed by atoms with Crippen molar-refractivity contribution in [1.29, 1.82) is 0 Å². The molecule has 3 aromatic heterocycles. The van der Waals surface area contributed by atoms with E-state index in [0.717, 1.165) is 27.9 Å². The molecule has 1 aromatic carbocycles. The van der Waals surface area contributed by atoms with Crippen LogP contribution in [0.3, 0.4) is 0 Å². The fraction of sp³-hybridized carbons (Fsp3) is 0.0500. The number of nitrogens with one attached hydrogen (secondary N) is 2. The van der Waals surface area contributed by atoms with Gasteiger partial charge in [0.1, 0.15) is 11.5 Å². The van der Waals surface area contributed by atoms with Crippen LogP contribution in [0.2, 0.25) is 0 Å². The van der Waals surface area contributed by atoms with Crippen molar-refractivity contribution >= 4 is 22.8 Å². The lowest BCUT2D eigenvalue weighted by molar-refractivity contribution is -0.115. The largest absolute Gasteiger partial charge is 0.346 e. The Kier molecular flexibility index (Phi) is 3.96. The number of benzene rings is 1. The van der Waals surface area contributed by atoms with Crippen LogP contribution in [0.4, 0.5) is 5.82 Å². The molecule has 1 amide bonds. The van der Waals surface area contributed by atoms with Gasteiger partial charge in [-0.15, -0.1) is 0 Å². The van der Waals surface area contributed by atoms with Crippen LogP contribution >= 0.6 is 0 Å². The second-order valence-corrected chi connectivity index (χ2v) is 5.72. The summed E-state index contributed by atoms with van der Waals surface area (Å²) in [5, 5.41) is 3.87. The van der Waals surface area contributed by atoms with Gasteiger partial charge < -0.3 is 10.3 Å². The molecule has 0 bridgehead atoms. The first kappa shape index (κ1) is 15.1. The molecule has 5 heteroatoms. The minimum Gasteiger partial charge on any atom is -0.346 e. The molecule has 5 nitrogen and oxygen atoms in total. The molecule has 0 fully saturated rings. The van der Waals surface area contributed by atoms with Crippen molar-refractivity contribution in [2.75, 3.05) is 5.32 Å². The van der Waals surface area contributed by atoms with Crippen LogP contribution < -0.4 is 5.32 Å². The molecule has 0 aliphatic carbocycles. The standard InChI is InChI=1S/C20H16N4O/c25-19(13-14-5-2-1-3-6-14)24-18-8-4-7-17(23-18)15-9-11-21-20-16(15)10-12-22-20/h1-12H,13H2,(H,21,22)(H,23,24,25).